The molecule has 2 heteroatoms. The van der Waals surface area contributed by atoms with E-state index in [2.05, 4.69) is 103 Å². The largest absolute Gasteiger partial charge is 0.507 e. The fourth-order valence-corrected chi connectivity index (χ4v) is 4.95. The predicted octanol–water partition coefficient (Wildman–Crippen LogP) is 6.72. The second kappa shape index (κ2) is 9.64. The zero-order chi connectivity index (χ0) is 22.6. The van der Waals surface area contributed by atoms with E-state index in [-0.39, 0.29) is 12.1 Å². The molecule has 0 spiro atoms. The van der Waals surface area contributed by atoms with E-state index in [9.17, 15) is 5.11 Å². The van der Waals surface area contributed by atoms with Gasteiger partial charge in [0.25, 0.3) is 0 Å². The first kappa shape index (κ1) is 21.5. The van der Waals surface area contributed by atoms with Gasteiger partial charge in [0.05, 0.1) is 6.04 Å². The van der Waals surface area contributed by atoms with Gasteiger partial charge in [-0.1, -0.05) is 97.1 Å². The molecule has 4 aliphatic rings. The van der Waals surface area contributed by atoms with Crippen molar-refractivity contribution in [2.24, 2.45) is 0 Å². The lowest BCUT2D eigenvalue weighted by molar-refractivity contribution is 0.438. The molecule has 166 valence electrons. The third kappa shape index (κ3) is 4.72. The Morgan fingerprint density at radius 1 is 0.606 bits per heavy atom. The summed E-state index contributed by atoms with van der Waals surface area (Å²) in [5.41, 5.74) is 8.33. The van der Waals surface area contributed by atoms with E-state index >= 15 is 0 Å². The van der Waals surface area contributed by atoms with E-state index in [1.54, 1.807) is 0 Å². The summed E-state index contributed by atoms with van der Waals surface area (Å²) in [6.07, 6.45) is 3.61. The lowest BCUT2D eigenvalue weighted by atomic mass is 9.86. The summed E-state index contributed by atoms with van der Waals surface area (Å²) in [4.78, 5) is 0. The molecule has 2 atom stereocenters. The molecule has 2 nitrogen and oxygen atoms in total. The molecule has 0 aliphatic heterocycles. The standard InChI is InChI=1S/C31H31NO/c1-22(25-8-4-2-5-9-25)32-30(27-10-6-3-7-11-27)29-26-18-16-23-12-14-24(15-13-23)17-19-28(21-20-26)31(29)33/h2-15,20-22,30,32-33H,16-19H2,1H3/t22-,30-/m0/s1. The Labute approximate surface area is 196 Å². The zero-order valence-electron chi connectivity index (χ0n) is 19.2. The van der Waals surface area contributed by atoms with E-state index in [4.69, 9.17) is 0 Å². The van der Waals surface area contributed by atoms with Gasteiger partial charge < -0.3 is 5.11 Å². The minimum atomic E-state index is -0.0970. The van der Waals surface area contributed by atoms with Gasteiger partial charge in [-0.15, -0.1) is 0 Å². The summed E-state index contributed by atoms with van der Waals surface area (Å²) in [6.45, 7) is 2.20. The lowest BCUT2D eigenvalue weighted by Gasteiger charge is -2.28. The first-order valence-electron chi connectivity index (χ1n) is 12.0. The second-order valence-corrected chi connectivity index (χ2v) is 9.11. The van der Waals surface area contributed by atoms with Crippen LogP contribution in [0.25, 0.3) is 0 Å². The number of phenolic OH excluding ortho intramolecular Hbond substituents is 1. The molecule has 4 aromatic rings. The smallest absolute Gasteiger partial charge is 0.124 e. The fraction of sp³-hybridized carbons (Fsp3) is 0.226. The molecule has 0 heterocycles. The van der Waals surface area contributed by atoms with Crippen LogP contribution in [-0.4, -0.2) is 5.11 Å². The number of aromatic hydroxyl groups is 1. The molecule has 0 aromatic heterocycles. The molecule has 4 aromatic carbocycles. The molecule has 8 rings (SSSR count). The number of hydrogen-bond acceptors (Lipinski definition) is 2. The van der Waals surface area contributed by atoms with Crippen LogP contribution in [0.3, 0.4) is 0 Å². The van der Waals surface area contributed by atoms with Gasteiger partial charge in [0.2, 0.25) is 0 Å². The van der Waals surface area contributed by atoms with Crippen LogP contribution in [0.4, 0.5) is 0 Å². The minimum Gasteiger partial charge on any atom is -0.507 e. The van der Waals surface area contributed by atoms with E-state index in [0.717, 1.165) is 36.8 Å². The molecule has 33 heavy (non-hydrogen) atoms. The van der Waals surface area contributed by atoms with Crippen molar-refractivity contribution in [3.63, 3.8) is 0 Å². The monoisotopic (exact) mass is 433 g/mol. The van der Waals surface area contributed by atoms with Gasteiger partial charge in [0.15, 0.2) is 0 Å². The Bertz CT molecular complexity index is 1200. The van der Waals surface area contributed by atoms with Gasteiger partial charge in [-0.2, -0.15) is 0 Å². The van der Waals surface area contributed by atoms with Crippen molar-refractivity contribution < 1.29 is 5.11 Å². The van der Waals surface area contributed by atoms with Crippen molar-refractivity contribution in [3.05, 3.63) is 136 Å². The molecule has 0 fully saturated rings. The van der Waals surface area contributed by atoms with Crippen LogP contribution in [0.1, 0.15) is 58.0 Å². The van der Waals surface area contributed by atoms with Crippen LogP contribution in [0.15, 0.2) is 97.1 Å². The summed E-state index contributed by atoms with van der Waals surface area (Å²) in [7, 11) is 0. The number of rotatable bonds is 5. The van der Waals surface area contributed by atoms with Crippen molar-refractivity contribution in [1.29, 1.82) is 0 Å². The van der Waals surface area contributed by atoms with Gasteiger partial charge in [-0.3, -0.25) is 5.32 Å². The van der Waals surface area contributed by atoms with Gasteiger partial charge >= 0.3 is 0 Å². The van der Waals surface area contributed by atoms with Crippen molar-refractivity contribution in [1.82, 2.24) is 5.32 Å². The van der Waals surface area contributed by atoms with Gasteiger partial charge in [-0.05, 0) is 66.0 Å². The molecule has 4 aliphatic carbocycles. The van der Waals surface area contributed by atoms with Crippen LogP contribution < -0.4 is 5.32 Å². The molecule has 0 radical (unpaired) electrons. The van der Waals surface area contributed by atoms with Crippen LogP contribution >= 0.6 is 0 Å². The Kier molecular flexibility index (Phi) is 6.28. The number of phenols is 1. The third-order valence-corrected chi connectivity index (χ3v) is 6.92. The maximum Gasteiger partial charge on any atom is 0.124 e. The number of benzene rings is 4. The predicted molar refractivity (Wildman–Crippen MR) is 136 cm³/mol. The van der Waals surface area contributed by atoms with Gasteiger partial charge in [0, 0.05) is 11.6 Å². The molecule has 2 N–H and O–H groups in total. The van der Waals surface area contributed by atoms with Crippen LogP contribution in [0.5, 0.6) is 5.75 Å². The summed E-state index contributed by atoms with van der Waals surface area (Å²) < 4.78 is 0. The van der Waals surface area contributed by atoms with Crippen molar-refractivity contribution in [2.45, 2.75) is 44.7 Å². The van der Waals surface area contributed by atoms with Crippen LogP contribution in [0.2, 0.25) is 0 Å². The maximum absolute atomic E-state index is 11.6. The topological polar surface area (TPSA) is 32.3 Å². The average Bonchev–Trinajstić information content (AvgIpc) is 2.86. The van der Waals surface area contributed by atoms with Crippen LogP contribution in [0, 0.1) is 0 Å². The van der Waals surface area contributed by atoms with E-state index in [1.807, 2.05) is 6.07 Å². The normalized spacial score (nSPS) is 14.9. The van der Waals surface area contributed by atoms with E-state index < -0.39 is 0 Å². The lowest BCUT2D eigenvalue weighted by Crippen LogP contribution is -2.27. The zero-order valence-corrected chi connectivity index (χ0v) is 19.2. The molecule has 0 unspecified atom stereocenters. The summed E-state index contributed by atoms with van der Waals surface area (Å²) >= 11 is 0. The summed E-state index contributed by atoms with van der Waals surface area (Å²) in [5, 5.41) is 15.5. The Hall–Kier alpha value is -3.36. The molecule has 0 saturated heterocycles. The quantitative estimate of drug-likeness (QED) is 0.366. The SMILES string of the molecule is C[C@H](N[C@@H](c1ccccc1)c1c2ccc(c1O)CCc1ccc(cc1)CC2)c1ccccc1. The highest BCUT2D eigenvalue weighted by atomic mass is 16.3. The van der Waals surface area contributed by atoms with E-state index in [0.29, 0.717) is 5.75 Å². The third-order valence-electron chi connectivity index (χ3n) is 6.92. The summed E-state index contributed by atoms with van der Waals surface area (Å²) in [6, 6.07) is 34.4. The molecular formula is C31H31NO. The molecule has 0 amide bonds. The fourth-order valence-electron chi connectivity index (χ4n) is 4.95. The van der Waals surface area contributed by atoms with Crippen molar-refractivity contribution in [2.75, 3.05) is 0 Å². The number of nitrogens with one attached hydrogen (secondary N) is 1. The summed E-state index contributed by atoms with van der Waals surface area (Å²) in [5.74, 6) is 0.448. The second-order valence-electron chi connectivity index (χ2n) is 9.11. The Balaban J connectivity index is 1.59. The minimum absolute atomic E-state index is 0.0970. The number of hydrogen-bond donors (Lipinski definition) is 2. The first-order chi connectivity index (χ1) is 16.2. The molecule has 0 saturated carbocycles. The van der Waals surface area contributed by atoms with Gasteiger partial charge in [0.1, 0.15) is 5.75 Å². The van der Waals surface area contributed by atoms with Gasteiger partial charge in [-0.25, -0.2) is 0 Å². The highest BCUT2D eigenvalue weighted by Crippen LogP contribution is 2.38. The molecular weight excluding hydrogens is 402 g/mol. The van der Waals surface area contributed by atoms with Crippen LogP contribution in [-0.2, 0) is 25.7 Å². The maximum atomic E-state index is 11.6. The van der Waals surface area contributed by atoms with Crippen molar-refractivity contribution in [3.8, 4) is 5.75 Å². The molecule has 4 bridgehead atoms. The number of aryl methyl sites for hydroxylation is 4. The van der Waals surface area contributed by atoms with Crippen molar-refractivity contribution >= 4 is 0 Å². The highest BCUT2D eigenvalue weighted by molar-refractivity contribution is 5.51. The van der Waals surface area contributed by atoms with E-state index in [1.165, 1.54) is 27.8 Å². The highest BCUT2D eigenvalue weighted by Gasteiger charge is 2.25. The Morgan fingerprint density at radius 2 is 1.12 bits per heavy atom. The first-order valence-corrected chi connectivity index (χ1v) is 12.0. The Morgan fingerprint density at radius 3 is 1.73 bits per heavy atom. The average molecular weight is 434 g/mol.